The van der Waals surface area contributed by atoms with Crippen LogP contribution in [0.15, 0.2) is 6.20 Å². The van der Waals surface area contributed by atoms with Crippen molar-refractivity contribution in [1.82, 2.24) is 15.2 Å². The Labute approximate surface area is 90.7 Å². The van der Waals surface area contributed by atoms with Gasteiger partial charge in [-0.25, -0.2) is 0 Å². The number of hydrogen-bond donors (Lipinski definition) is 2. The normalized spacial score (nSPS) is 11.6. The summed E-state index contributed by atoms with van der Waals surface area (Å²) in [5.74, 6) is 1.29. The molecule has 0 aliphatic carbocycles. The van der Waals surface area contributed by atoms with Crippen molar-refractivity contribution in [3.63, 3.8) is 0 Å². The van der Waals surface area contributed by atoms with Crippen LogP contribution in [0.2, 0.25) is 0 Å². The third-order valence-electron chi connectivity index (χ3n) is 1.48. The Morgan fingerprint density at radius 3 is 2.47 bits per heavy atom. The molecule has 1 aromatic heterocycles. The quantitative estimate of drug-likeness (QED) is 0.796. The van der Waals surface area contributed by atoms with Gasteiger partial charge in [0.15, 0.2) is 5.82 Å². The van der Waals surface area contributed by atoms with Crippen molar-refractivity contribution in [2.24, 2.45) is 0 Å². The van der Waals surface area contributed by atoms with E-state index in [2.05, 4.69) is 60.4 Å². The molecule has 0 aliphatic heterocycles. The smallest absolute Gasteiger partial charge is 0.245 e. The molecule has 0 atom stereocenters. The van der Waals surface area contributed by atoms with Crippen LogP contribution in [0.3, 0.4) is 0 Å². The first-order valence-corrected chi connectivity index (χ1v) is 5.11. The lowest BCUT2D eigenvalue weighted by Gasteiger charge is -2.20. The Morgan fingerprint density at radius 2 is 1.93 bits per heavy atom. The maximum Gasteiger partial charge on any atom is 0.245 e. The lowest BCUT2D eigenvalue weighted by atomic mass is 10.1. The van der Waals surface area contributed by atoms with Crippen molar-refractivity contribution in [1.29, 1.82) is 0 Å². The average Bonchev–Trinajstić information content (AvgIpc) is 1.99. The molecular weight excluding hydrogens is 190 g/mol. The number of hydrogen-bond acceptors (Lipinski definition) is 5. The minimum absolute atomic E-state index is 0.0574. The average molecular weight is 209 g/mol. The molecule has 0 fully saturated rings. The van der Waals surface area contributed by atoms with E-state index in [1.54, 1.807) is 6.20 Å². The van der Waals surface area contributed by atoms with Crippen LogP contribution in [0.1, 0.15) is 34.6 Å². The van der Waals surface area contributed by atoms with Crippen LogP contribution in [0.4, 0.5) is 11.8 Å². The number of nitrogens with zero attached hydrogens (tertiary/aromatic N) is 3. The highest BCUT2D eigenvalue weighted by Crippen LogP contribution is 2.10. The molecule has 0 spiro atoms. The number of rotatable bonds is 3. The monoisotopic (exact) mass is 209 g/mol. The van der Waals surface area contributed by atoms with Crippen molar-refractivity contribution < 1.29 is 0 Å². The summed E-state index contributed by atoms with van der Waals surface area (Å²) in [7, 11) is 0. The molecule has 1 heterocycles. The Balaban J connectivity index is 2.74. The molecule has 1 aromatic rings. The summed E-state index contributed by atoms with van der Waals surface area (Å²) in [6.45, 7) is 10.3. The molecule has 84 valence electrons. The zero-order valence-electron chi connectivity index (χ0n) is 10.00. The van der Waals surface area contributed by atoms with Gasteiger partial charge in [-0.15, -0.1) is 5.10 Å². The second-order valence-corrected chi connectivity index (χ2v) is 4.84. The fourth-order valence-electron chi connectivity index (χ4n) is 1.06. The van der Waals surface area contributed by atoms with E-state index in [0.717, 1.165) is 5.82 Å². The minimum atomic E-state index is -0.0574. The Hall–Kier alpha value is -1.39. The third-order valence-corrected chi connectivity index (χ3v) is 1.48. The lowest BCUT2D eigenvalue weighted by Crippen LogP contribution is -2.27. The highest BCUT2D eigenvalue weighted by molar-refractivity contribution is 5.38. The molecule has 15 heavy (non-hydrogen) atoms. The molecule has 0 aliphatic rings. The summed E-state index contributed by atoms with van der Waals surface area (Å²) < 4.78 is 0. The number of nitrogens with one attached hydrogen (secondary N) is 2. The van der Waals surface area contributed by atoms with Crippen molar-refractivity contribution in [2.75, 3.05) is 10.6 Å². The fraction of sp³-hybridized carbons (Fsp3) is 0.700. The van der Waals surface area contributed by atoms with Crippen LogP contribution in [0.5, 0.6) is 0 Å². The van der Waals surface area contributed by atoms with Gasteiger partial charge in [0.05, 0.1) is 6.20 Å². The highest BCUT2D eigenvalue weighted by Gasteiger charge is 2.11. The largest absolute Gasteiger partial charge is 0.366 e. The van der Waals surface area contributed by atoms with Crippen LogP contribution >= 0.6 is 0 Å². The van der Waals surface area contributed by atoms with E-state index >= 15 is 0 Å². The summed E-state index contributed by atoms with van der Waals surface area (Å²) in [4.78, 5) is 4.30. The molecule has 0 saturated heterocycles. The van der Waals surface area contributed by atoms with Crippen LogP contribution in [0.25, 0.3) is 0 Å². The standard InChI is InChI=1S/C10H19N5/c1-7(2)12-8-6-11-15-9(13-8)14-10(3,4)5/h6-7H,1-5H3,(H2,12,13,14,15). The number of anilines is 2. The van der Waals surface area contributed by atoms with Gasteiger partial charge in [-0.1, -0.05) is 0 Å². The van der Waals surface area contributed by atoms with Gasteiger partial charge in [-0.3, -0.25) is 0 Å². The first-order valence-electron chi connectivity index (χ1n) is 5.11. The summed E-state index contributed by atoms with van der Waals surface area (Å²) in [6, 6.07) is 0.337. The minimum Gasteiger partial charge on any atom is -0.366 e. The van der Waals surface area contributed by atoms with E-state index in [9.17, 15) is 0 Å². The molecule has 0 bridgehead atoms. The Morgan fingerprint density at radius 1 is 1.27 bits per heavy atom. The topological polar surface area (TPSA) is 62.7 Å². The zero-order chi connectivity index (χ0) is 11.5. The van der Waals surface area contributed by atoms with Crippen LogP contribution in [-0.2, 0) is 0 Å². The van der Waals surface area contributed by atoms with Gasteiger partial charge in [0.2, 0.25) is 5.95 Å². The summed E-state index contributed by atoms with van der Waals surface area (Å²) >= 11 is 0. The van der Waals surface area contributed by atoms with Gasteiger partial charge in [0, 0.05) is 11.6 Å². The SMILES string of the molecule is CC(C)Nc1cnnc(NC(C)(C)C)n1. The van der Waals surface area contributed by atoms with Gasteiger partial charge in [0.1, 0.15) is 0 Å². The van der Waals surface area contributed by atoms with E-state index < -0.39 is 0 Å². The first-order chi connectivity index (χ1) is 6.87. The molecule has 2 N–H and O–H groups in total. The molecular formula is C10H19N5. The van der Waals surface area contributed by atoms with Gasteiger partial charge in [0.25, 0.3) is 0 Å². The van der Waals surface area contributed by atoms with Crippen LogP contribution in [0, 0.1) is 0 Å². The molecule has 0 unspecified atom stereocenters. The molecule has 0 amide bonds. The van der Waals surface area contributed by atoms with E-state index in [1.807, 2.05) is 0 Å². The van der Waals surface area contributed by atoms with Crippen LogP contribution in [-0.4, -0.2) is 26.8 Å². The molecule has 1 rings (SSSR count). The van der Waals surface area contributed by atoms with E-state index in [1.165, 1.54) is 0 Å². The highest BCUT2D eigenvalue weighted by atomic mass is 15.3. The molecule has 0 radical (unpaired) electrons. The fourth-order valence-corrected chi connectivity index (χ4v) is 1.06. The predicted molar refractivity (Wildman–Crippen MR) is 62.0 cm³/mol. The maximum atomic E-state index is 4.30. The van der Waals surface area contributed by atoms with E-state index in [0.29, 0.717) is 12.0 Å². The van der Waals surface area contributed by atoms with Gasteiger partial charge in [-0.05, 0) is 34.6 Å². The maximum absolute atomic E-state index is 4.30. The third kappa shape index (κ3) is 4.58. The van der Waals surface area contributed by atoms with Gasteiger partial charge >= 0.3 is 0 Å². The molecule has 5 heteroatoms. The number of aromatic nitrogens is 3. The Bertz CT molecular complexity index is 316. The summed E-state index contributed by atoms with van der Waals surface area (Å²) in [5, 5.41) is 14.2. The summed E-state index contributed by atoms with van der Waals surface area (Å²) in [5.41, 5.74) is -0.0574. The van der Waals surface area contributed by atoms with Crippen molar-refractivity contribution in [3.8, 4) is 0 Å². The van der Waals surface area contributed by atoms with Crippen molar-refractivity contribution in [3.05, 3.63) is 6.20 Å². The first kappa shape index (κ1) is 11.7. The second-order valence-electron chi connectivity index (χ2n) is 4.84. The van der Waals surface area contributed by atoms with Crippen molar-refractivity contribution >= 4 is 11.8 Å². The van der Waals surface area contributed by atoms with E-state index in [-0.39, 0.29) is 5.54 Å². The lowest BCUT2D eigenvalue weighted by molar-refractivity contribution is 0.623. The second kappa shape index (κ2) is 4.42. The van der Waals surface area contributed by atoms with Gasteiger partial charge in [-0.2, -0.15) is 10.1 Å². The molecule has 0 saturated carbocycles. The molecule has 5 nitrogen and oxygen atoms in total. The van der Waals surface area contributed by atoms with Gasteiger partial charge < -0.3 is 10.6 Å². The molecule has 0 aromatic carbocycles. The van der Waals surface area contributed by atoms with E-state index in [4.69, 9.17) is 0 Å². The Kier molecular flexibility index (Phi) is 3.44. The predicted octanol–water partition coefficient (Wildman–Crippen LogP) is 1.90. The summed E-state index contributed by atoms with van der Waals surface area (Å²) in [6.07, 6.45) is 1.62. The zero-order valence-corrected chi connectivity index (χ0v) is 10.00. The van der Waals surface area contributed by atoms with Crippen LogP contribution < -0.4 is 10.6 Å². The van der Waals surface area contributed by atoms with Crippen molar-refractivity contribution in [2.45, 2.75) is 46.2 Å².